The van der Waals surface area contributed by atoms with Gasteiger partial charge < -0.3 is 19.3 Å². The first-order chi connectivity index (χ1) is 18.1. The van der Waals surface area contributed by atoms with E-state index in [1.807, 2.05) is 0 Å². The quantitative estimate of drug-likeness (QED) is 0.219. The van der Waals surface area contributed by atoms with Crippen molar-refractivity contribution >= 4 is 63.3 Å². The van der Waals surface area contributed by atoms with Crippen LogP contribution < -0.4 is 0 Å². The van der Waals surface area contributed by atoms with Crippen molar-refractivity contribution < 1.29 is 23.3 Å². The number of nitrogens with zero attached hydrogens (tertiary/aromatic N) is 5. The Balaban J connectivity index is 1.38. The molecule has 0 saturated carbocycles. The van der Waals surface area contributed by atoms with E-state index in [0.29, 0.717) is 5.69 Å². The van der Waals surface area contributed by atoms with E-state index >= 15 is 0 Å². The van der Waals surface area contributed by atoms with E-state index < -0.39 is 27.3 Å². The summed E-state index contributed by atoms with van der Waals surface area (Å²) in [5.74, 6) is -3.01. The van der Waals surface area contributed by atoms with Crippen LogP contribution in [-0.2, 0) is 8.59 Å². The summed E-state index contributed by atoms with van der Waals surface area (Å²) < 4.78 is 18.0. The molecule has 1 aliphatic heterocycles. The molecule has 1 fully saturated rings. The highest BCUT2D eigenvalue weighted by molar-refractivity contribution is 6.66. The molecule has 38 heavy (non-hydrogen) atoms. The first-order valence-electron chi connectivity index (χ1n) is 11.3. The zero-order valence-electron chi connectivity index (χ0n) is 19.6. The van der Waals surface area contributed by atoms with Crippen LogP contribution in [0, 0.1) is 5.82 Å². The van der Waals surface area contributed by atoms with Gasteiger partial charge in [0.1, 0.15) is 11.5 Å². The number of fused-ring (bicyclic) bond motifs is 1. The number of rotatable bonds is 4. The standard InChI is InChI=1S/C24H18Cl3FN6O4/c1-12-11-33(21(36)16-4-2-3-7-29-16)8-9-34(12)22(37)19(35)14-10-30-18-13(5-6-15(28)17(14)18)20-31-23(38-32-20)24(25,26)27/h2-7,10,12,30H,8-9,11H2,1H3/t12-/m1/s1. The van der Waals surface area contributed by atoms with Crippen molar-refractivity contribution in [3.05, 3.63) is 65.7 Å². The molecule has 1 aromatic carbocycles. The SMILES string of the molecule is C[C@@H]1CN(C(=O)c2ccccn2)CCN1C(=O)C(=O)c1c[nH]c2c(-c3noc(C(Cl)(Cl)Cl)n3)ccc(F)c12. The van der Waals surface area contributed by atoms with Crippen molar-refractivity contribution in [2.45, 2.75) is 16.8 Å². The van der Waals surface area contributed by atoms with Crippen LogP contribution in [0.25, 0.3) is 22.3 Å². The van der Waals surface area contributed by atoms with E-state index in [9.17, 15) is 18.8 Å². The molecule has 14 heteroatoms. The molecule has 1 N–H and O–H groups in total. The van der Waals surface area contributed by atoms with Crippen LogP contribution in [0.3, 0.4) is 0 Å². The Morgan fingerprint density at radius 2 is 1.95 bits per heavy atom. The second kappa shape index (κ2) is 9.97. The lowest BCUT2D eigenvalue weighted by Crippen LogP contribution is -2.56. The number of Topliss-reactive ketones (excluding diaryl/α,β-unsaturated/α-hetero) is 1. The normalized spacial score (nSPS) is 16.2. The molecule has 0 unspecified atom stereocenters. The van der Waals surface area contributed by atoms with Gasteiger partial charge in [0.2, 0.25) is 5.82 Å². The van der Waals surface area contributed by atoms with Gasteiger partial charge in [-0.05, 0) is 31.2 Å². The predicted octanol–water partition coefficient (Wildman–Crippen LogP) is 4.13. The number of benzene rings is 1. The minimum atomic E-state index is -1.96. The molecule has 1 aliphatic rings. The zero-order valence-corrected chi connectivity index (χ0v) is 21.9. The van der Waals surface area contributed by atoms with Crippen molar-refractivity contribution in [1.82, 2.24) is 29.9 Å². The summed E-state index contributed by atoms with van der Waals surface area (Å²) in [6, 6.07) is 7.06. The summed E-state index contributed by atoms with van der Waals surface area (Å²) in [6.45, 7) is 2.29. The number of carbonyl (C=O) groups excluding carboxylic acids is 3. The second-order valence-corrected chi connectivity index (χ2v) is 10.9. The molecule has 3 aromatic heterocycles. The Morgan fingerprint density at radius 3 is 2.61 bits per heavy atom. The fourth-order valence-corrected chi connectivity index (χ4v) is 4.59. The lowest BCUT2D eigenvalue weighted by Gasteiger charge is -2.39. The van der Waals surface area contributed by atoms with Crippen LogP contribution >= 0.6 is 34.8 Å². The number of pyridine rings is 1. The van der Waals surface area contributed by atoms with Gasteiger partial charge in [0.05, 0.1) is 11.1 Å². The number of hydrogen-bond acceptors (Lipinski definition) is 7. The molecular formula is C24H18Cl3FN6O4. The average Bonchev–Trinajstić information content (AvgIpc) is 3.57. The molecule has 0 radical (unpaired) electrons. The van der Waals surface area contributed by atoms with E-state index in [4.69, 9.17) is 39.3 Å². The maximum Gasteiger partial charge on any atom is 0.295 e. The Kier molecular flexibility index (Phi) is 6.84. The lowest BCUT2D eigenvalue weighted by molar-refractivity contribution is -0.130. The molecule has 10 nitrogen and oxygen atoms in total. The highest BCUT2D eigenvalue weighted by Crippen LogP contribution is 2.38. The van der Waals surface area contributed by atoms with Crippen LogP contribution in [0.15, 0.2) is 47.2 Å². The van der Waals surface area contributed by atoms with E-state index in [1.54, 1.807) is 30.0 Å². The van der Waals surface area contributed by atoms with Crippen LogP contribution in [0.5, 0.6) is 0 Å². The molecule has 4 aromatic rings. The molecule has 0 aliphatic carbocycles. The number of carbonyl (C=O) groups is 3. The largest absolute Gasteiger partial charge is 0.360 e. The molecule has 2 amide bonds. The van der Waals surface area contributed by atoms with Crippen molar-refractivity contribution in [2.24, 2.45) is 0 Å². The van der Waals surface area contributed by atoms with Crippen molar-refractivity contribution in [1.29, 1.82) is 0 Å². The van der Waals surface area contributed by atoms with Crippen LogP contribution in [0.2, 0.25) is 0 Å². The third-order valence-electron chi connectivity index (χ3n) is 6.19. The van der Waals surface area contributed by atoms with Crippen LogP contribution in [-0.4, -0.2) is 73.2 Å². The molecule has 0 bridgehead atoms. The summed E-state index contributed by atoms with van der Waals surface area (Å²) in [5.41, 5.74) is 0.570. The van der Waals surface area contributed by atoms with Gasteiger partial charge in [-0.3, -0.25) is 19.4 Å². The number of H-pyrrole nitrogens is 1. The Bertz CT molecular complexity index is 1550. The first-order valence-corrected chi connectivity index (χ1v) is 12.5. The number of nitrogens with one attached hydrogen (secondary N) is 1. The maximum atomic E-state index is 14.9. The Labute approximate surface area is 229 Å². The topological polar surface area (TPSA) is 125 Å². The summed E-state index contributed by atoms with van der Waals surface area (Å²) >= 11 is 17.3. The number of alkyl halides is 3. The van der Waals surface area contributed by atoms with E-state index in [2.05, 4.69) is 20.1 Å². The lowest BCUT2D eigenvalue weighted by atomic mass is 10.0. The number of hydrogen-bond donors (Lipinski definition) is 1. The molecule has 4 heterocycles. The van der Waals surface area contributed by atoms with Crippen molar-refractivity contribution in [2.75, 3.05) is 19.6 Å². The molecule has 1 saturated heterocycles. The summed E-state index contributed by atoms with van der Waals surface area (Å²) in [4.78, 5) is 53.1. The number of piperazine rings is 1. The molecule has 0 spiro atoms. The minimum Gasteiger partial charge on any atom is -0.360 e. The van der Waals surface area contributed by atoms with Crippen LogP contribution in [0.4, 0.5) is 4.39 Å². The third kappa shape index (κ3) is 4.72. The predicted molar refractivity (Wildman–Crippen MR) is 136 cm³/mol. The second-order valence-electron chi connectivity index (χ2n) is 8.61. The van der Waals surface area contributed by atoms with E-state index in [0.717, 1.165) is 6.07 Å². The highest BCUT2D eigenvalue weighted by Gasteiger charge is 2.35. The molecule has 196 valence electrons. The monoisotopic (exact) mass is 578 g/mol. The Morgan fingerprint density at radius 1 is 1.16 bits per heavy atom. The number of aromatic amines is 1. The molecular weight excluding hydrogens is 562 g/mol. The fourth-order valence-electron chi connectivity index (χ4n) is 4.36. The van der Waals surface area contributed by atoms with Gasteiger partial charge >= 0.3 is 0 Å². The van der Waals surface area contributed by atoms with Gasteiger partial charge in [-0.15, -0.1) is 0 Å². The first kappa shape index (κ1) is 26.1. The smallest absolute Gasteiger partial charge is 0.295 e. The van der Waals surface area contributed by atoms with Gasteiger partial charge in [0.15, 0.2) is 0 Å². The fraction of sp³-hybridized carbons (Fsp3) is 0.250. The van der Waals surface area contributed by atoms with E-state index in [1.165, 1.54) is 23.4 Å². The number of amides is 2. The molecule has 5 rings (SSSR count). The van der Waals surface area contributed by atoms with Crippen LogP contribution in [0.1, 0.15) is 33.7 Å². The van der Waals surface area contributed by atoms with Gasteiger partial charge in [0, 0.05) is 49.0 Å². The van der Waals surface area contributed by atoms with Gasteiger partial charge in [-0.25, -0.2) is 4.39 Å². The number of aromatic nitrogens is 4. The third-order valence-corrected chi connectivity index (χ3v) is 6.68. The number of halogens is 4. The maximum absolute atomic E-state index is 14.9. The van der Waals surface area contributed by atoms with E-state index in [-0.39, 0.29) is 59.3 Å². The number of ketones is 1. The Hall–Kier alpha value is -3.54. The summed E-state index contributed by atoms with van der Waals surface area (Å²) in [6.07, 6.45) is 2.78. The van der Waals surface area contributed by atoms with Gasteiger partial charge in [-0.1, -0.05) is 46.0 Å². The van der Waals surface area contributed by atoms with Crippen molar-refractivity contribution in [3.63, 3.8) is 0 Å². The summed E-state index contributed by atoms with van der Waals surface area (Å²) in [5, 5.41) is 3.66. The van der Waals surface area contributed by atoms with Crippen molar-refractivity contribution in [3.8, 4) is 11.4 Å². The minimum absolute atomic E-state index is 0.00850. The zero-order chi connectivity index (χ0) is 27.2. The summed E-state index contributed by atoms with van der Waals surface area (Å²) in [7, 11) is 0. The highest BCUT2D eigenvalue weighted by atomic mass is 35.6. The van der Waals surface area contributed by atoms with Gasteiger partial charge in [-0.2, -0.15) is 4.98 Å². The average molecular weight is 580 g/mol. The van der Waals surface area contributed by atoms with Gasteiger partial charge in [0.25, 0.3) is 27.3 Å². The molecule has 1 atom stereocenters.